The molecule has 3 aromatic rings. The van der Waals surface area contributed by atoms with Gasteiger partial charge in [-0.1, -0.05) is 6.92 Å². The lowest BCUT2D eigenvalue weighted by Crippen LogP contribution is -2.47. The van der Waals surface area contributed by atoms with Gasteiger partial charge in [0.2, 0.25) is 5.95 Å². The number of benzene rings is 1. The summed E-state index contributed by atoms with van der Waals surface area (Å²) < 4.78 is 13.6. The van der Waals surface area contributed by atoms with Crippen LogP contribution in [-0.2, 0) is 0 Å². The summed E-state index contributed by atoms with van der Waals surface area (Å²) in [7, 11) is 0. The molecule has 8 nitrogen and oxygen atoms in total. The Bertz CT molecular complexity index is 1380. The van der Waals surface area contributed by atoms with Crippen LogP contribution >= 0.6 is 0 Å². The van der Waals surface area contributed by atoms with Crippen LogP contribution in [0.5, 0.6) is 0 Å². The SMILES string of the molecule is Cc1cc(C(=O)N2CCC(C)CC2)cnc1N1CCN(c2cc(-c3ccc(F)cc3)nc(N3CCCC3C)n2)CC1. The molecule has 5 heterocycles. The van der Waals surface area contributed by atoms with Crippen LogP contribution < -0.4 is 14.7 Å². The van der Waals surface area contributed by atoms with Crippen LogP contribution in [0.3, 0.4) is 0 Å². The largest absolute Gasteiger partial charge is 0.353 e. The Hall–Kier alpha value is -3.75. The molecule has 1 aromatic carbocycles. The summed E-state index contributed by atoms with van der Waals surface area (Å²) in [5.41, 5.74) is 3.40. The third-order valence-electron chi connectivity index (χ3n) is 8.92. The minimum Gasteiger partial charge on any atom is -0.353 e. The van der Waals surface area contributed by atoms with E-state index in [4.69, 9.17) is 15.0 Å². The first-order valence-electron chi connectivity index (χ1n) is 15.0. The Balaban J connectivity index is 1.18. The van der Waals surface area contributed by atoms with Crippen LogP contribution in [0.2, 0.25) is 0 Å². The number of likely N-dealkylation sites (tertiary alicyclic amines) is 1. The normalized spacial score (nSPS) is 20.1. The number of aryl methyl sites for hydroxylation is 1. The molecule has 0 radical (unpaired) electrons. The van der Waals surface area contributed by atoms with Crippen molar-refractivity contribution in [3.63, 3.8) is 0 Å². The average Bonchev–Trinajstić information content (AvgIpc) is 3.43. The Morgan fingerprint density at radius 3 is 2.24 bits per heavy atom. The number of amides is 1. The lowest BCUT2D eigenvalue weighted by atomic mass is 9.98. The topological polar surface area (TPSA) is 68.7 Å². The number of carbonyl (C=O) groups is 1. The van der Waals surface area contributed by atoms with Gasteiger partial charge in [-0.25, -0.2) is 14.4 Å². The molecule has 3 saturated heterocycles. The van der Waals surface area contributed by atoms with Gasteiger partial charge in [-0.3, -0.25) is 4.79 Å². The maximum absolute atomic E-state index is 13.6. The maximum atomic E-state index is 13.6. The van der Waals surface area contributed by atoms with Gasteiger partial charge in [0.1, 0.15) is 17.5 Å². The molecule has 2 aromatic heterocycles. The number of rotatable bonds is 5. The van der Waals surface area contributed by atoms with Crippen molar-refractivity contribution in [1.82, 2.24) is 19.9 Å². The van der Waals surface area contributed by atoms with Gasteiger partial charge in [0, 0.05) is 69.7 Å². The number of pyridine rings is 1. The first-order valence-corrected chi connectivity index (χ1v) is 15.0. The smallest absolute Gasteiger partial charge is 0.255 e. The number of hydrogen-bond acceptors (Lipinski definition) is 7. The molecule has 1 atom stereocenters. The van der Waals surface area contributed by atoms with Crippen molar-refractivity contribution in [2.24, 2.45) is 5.92 Å². The van der Waals surface area contributed by atoms with Gasteiger partial charge in [-0.05, 0) is 81.3 Å². The van der Waals surface area contributed by atoms with E-state index in [1.807, 2.05) is 24.0 Å². The molecular formula is C32H40FN7O. The standard InChI is InChI=1S/C32H40FN7O/c1-22-10-13-39(14-11-22)31(41)26-19-23(2)30(34-21-26)38-17-15-37(16-18-38)29-20-28(25-6-8-27(33)9-7-25)35-32(36-29)40-12-4-5-24(40)3/h6-9,19-22,24H,4-5,10-18H2,1-3H3. The first-order chi connectivity index (χ1) is 19.9. The number of hydrogen-bond donors (Lipinski definition) is 0. The highest BCUT2D eigenvalue weighted by molar-refractivity contribution is 5.94. The number of carbonyl (C=O) groups excluding carboxylic acids is 1. The minimum atomic E-state index is -0.255. The van der Waals surface area contributed by atoms with Crippen molar-refractivity contribution in [2.45, 2.75) is 52.5 Å². The van der Waals surface area contributed by atoms with E-state index in [0.29, 0.717) is 17.5 Å². The van der Waals surface area contributed by atoms with Crippen molar-refractivity contribution < 1.29 is 9.18 Å². The molecule has 216 valence electrons. The lowest BCUT2D eigenvalue weighted by Gasteiger charge is -2.37. The highest BCUT2D eigenvalue weighted by Crippen LogP contribution is 2.30. The molecule has 0 saturated carbocycles. The molecular weight excluding hydrogens is 517 g/mol. The molecule has 1 amide bonds. The number of piperidine rings is 1. The summed E-state index contributed by atoms with van der Waals surface area (Å²) in [6.45, 7) is 12.3. The zero-order valence-corrected chi connectivity index (χ0v) is 24.4. The van der Waals surface area contributed by atoms with E-state index in [1.165, 1.54) is 12.1 Å². The number of halogens is 1. The minimum absolute atomic E-state index is 0.0905. The van der Waals surface area contributed by atoms with E-state index in [9.17, 15) is 9.18 Å². The van der Waals surface area contributed by atoms with Crippen molar-refractivity contribution in [1.29, 1.82) is 0 Å². The van der Waals surface area contributed by atoms with Crippen LogP contribution in [0.25, 0.3) is 11.3 Å². The Kier molecular flexibility index (Phi) is 7.77. The monoisotopic (exact) mass is 557 g/mol. The fourth-order valence-corrected chi connectivity index (χ4v) is 6.27. The molecule has 0 spiro atoms. The van der Waals surface area contributed by atoms with Crippen molar-refractivity contribution in [2.75, 3.05) is 60.5 Å². The Morgan fingerprint density at radius 2 is 1.59 bits per heavy atom. The Labute approximate surface area is 242 Å². The summed E-state index contributed by atoms with van der Waals surface area (Å²) in [4.78, 5) is 36.6. The predicted molar refractivity (Wildman–Crippen MR) is 161 cm³/mol. The lowest BCUT2D eigenvalue weighted by molar-refractivity contribution is 0.0696. The van der Waals surface area contributed by atoms with Gasteiger partial charge >= 0.3 is 0 Å². The number of anilines is 3. The summed E-state index contributed by atoms with van der Waals surface area (Å²) in [6.07, 6.45) is 6.14. The molecule has 1 unspecified atom stereocenters. The quantitative estimate of drug-likeness (QED) is 0.429. The summed E-state index contributed by atoms with van der Waals surface area (Å²) in [5, 5.41) is 0. The first kappa shape index (κ1) is 27.4. The van der Waals surface area contributed by atoms with Crippen LogP contribution in [-0.4, -0.2) is 77.6 Å². The summed E-state index contributed by atoms with van der Waals surface area (Å²) in [5.74, 6) is 3.11. The molecule has 3 fully saturated rings. The molecule has 6 rings (SSSR count). The third kappa shape index (κ3) is 5.85. The van der Waals surface area contributed by atoms with E-state index in [2.05, 4.69) is 28.5 Å². The van der Waals surface area contributed by atoms with Crippen molar-refractivity contribution in [3.8, 4) is 11.3 Å². The fourth-order valence-electron chi connectivity index (χ4n) is 6.27. The highest BCUT2D eigenvalue weighted by Gasteiger charge is 2.27. The summed E-state index contributed by atoms with van der Waals surface area (Å²) in [6, 6.07) is 10.9. The van der Waals surface area contributed by atoms with E-state index < -0.39 is 0 Å². The van der Waals surface area contributed by atoms with Crippen LogP contribution in [0.1, 0.15) is 55.5 Å². The van der Waals surface area contributed by atoms with E-state index >= 15 is 0 Å². The average molecular weight is 558 g/mol. The van der Waals surface area contributed by atoms with Crippen molar-refractivity contribution >= 4 is 23.5 Å². The van der Waals surface area contributed by atoms with Crippen LogP contribution in [0, 0.1) is 18.7 Å². The summed E-state index contributed by atoms with van der Waals surface area (Å²) >= 11 is 0. The molecule has 3 aliphatic heterocycles. The number of aromatic nitrogens is 3. The van der Waals surface area contributed by atoms with E-state index in [1.54, 1.807) is 18.3 Å². The second-order valence-electron chi connectivity index (χ2n) is 11.9. The molecule has 9 heteroatoms. The van der Waals surface area contributed by atoms with Gasteiger partial charge in [0.25, 0.3) is 5.91 Å². The zero-order chi connectivity index (χ0) is 28.5. The second-order valence-corrected chi connectivity index (χ2v) is 11.9. The van der Waals surface area contributed by atoms with Gasteiger partial charge in [-0.2, -0.15) is 4.98 Å². The molecule has 0 bridgehead atoms. The van der Waals surface area contributed by atoms with Gasteiger partial charge in [0.05, 0.1) is 11.3 Å². The highest BCUT2D eigenvalue weighted by atomic mass is 19.1. The van der Waals surface area contributed by atoms with Gasteiger partial charge in [-0.15, -0.1) is 0 Å². The maximum Gasteiger partial charge on any atom is 0.255 e. The fraction of sp³-hybridized carbons (Fsp3) is 0.500. The molecule has 0 aliphatic carbocycles. The van der Waals surface area contributed by atoms with Gasteiger partial charge < -0.3 is 19.6 Å². The number of piperazine rings is 1. The van der Waals surface area contributed by atoms with E-state index in [0.717, 1.165) is 106 Å². The predicted octanol–water partition coefficient (Wildman–Crippen LogP) is 5.17. The van der Waals surface area contributed by atoms with Crippen LogP contribution in [0.15, 0.2) is 42.6 Å². The van der Waals surface area contributed by atoms with Crippen LogP contribution in [0.4, 0.5) is 22.0 Å². The molecule has 3 aliphatic rings. The Morgan fingerprint density at radius 1 is 0.878 bits per heavy atom. The molecule has 0 N–H and O–H groups in total. The third-order valence-corrected chi connectivity index (χ3v) is 8.92. The molecule has 41 heavy (non-hydrogen) atoms. The van der Waals surface area contributed by atoms with Gasteiger partial charge in [0.15, 0.2) is 0 Å². The number of nitrogens with zero attached hydrogens (tertiary/aromatic N) is 7. The van der Waals surface area contributed by atoms with E-state index in [-0.39, 0.29) is 11.7 Å². The zero-order valence-electron chi connectivity index (χ0n) is 24.4. The van der Waals surface area contributed by atoms with Crippen molar-refractivity contribution in [3.05, 3.63) is 59.5 Å². The second kappa shape index (κ2) is 11.6.